The van der Waals surface area contributed by atoms with E-state index in [0.29, 0.717) is 0 Å². The van der Waals surface area contributed by atoms with Crippen molar-refractivity contribution in [2.45, 2.75) is 39.3 Å². The first-order valence-electron chi connectivity index (χ1n) is 6.56. The molecular formula is C12H18NO8P. The molecule has 0 aliphatic rings. The number of phosphoric acid groups is 1. The van der Waals surface area contributed by atoms with Gasteiger partial charge in [-0.15, -0.1) is 0 Å². The summed E-state index contributed by atoms with van der Waals surface area (Å²) in [6, 6.07) is 4.70. The summed E-state index contributed by atoms with van der Waals surface area (Å²) >= 11 is 0. The van der Waals surface area contributed by atoms with Crippen LogP contribution >= 0.6 is 7.82 Å². The number of phosphoric ester groups is 1. The van der Waals surface area contributed by atoms with Crippen molar-refractivity contribution in [2.75, 3.05) is 0 Å². The van der Waals surface area contributed by atoms with Gasteiger partial charge in [0.15, 0.2) is 12.6 Å². The molecule has 0 aliphatic heterocycles. The van der Waals surface area contributed by atoms with E-state index in [9.17, 15) is 24.9 Å². The van der Waals surface area contributed by atoms with Crippen LogP contribution in [0.2, 0.25) is 0 Å². The van der Waals surface area contributed by atoms with Crippen LogP contribution in [0.5, 0.6) is 5.75 Å². The molecule has 2 N–H and O–H groups in total. The molecule has 1 rings (SSSR count). The molecule has 1 aromatic carbocycles. The molecule has 0 heterocycles. The van der Waals surface area contributed by atoms with E-state index in [-0.39, 0.29) is 24.3 Å². The Labute approximate surface area is 127 Å². The maximum absolute atomic E-state index is 12.4. The summed E-state index contributed by atoms with van der Waals surface area (Å²) in [6.07, 6.45) is -2.57. The Hall–Kier alpha value is -1.51. The lowest BCUT2D eigenvalue weighted by Crippen LogP contribution is -2.17. The molecule has 124 valence electrons. The van der Waals surface area contributed by atoms with Gasteiger partial charge < -0.3 is 14.7 Å². The largest absolute Gasteiger partial charge is 0.534 e. The summed E-state index contributed by atoms with van der Waals surface area (Å²) in [5.74, 6) is -0.0273. The molecule has 22 heavy (non-hydrogen) atoms. The number of benzene rings is 1. The second-order valence-corrected chi connectivity index (χ2v) is 5.72. The van der Waals surface area contributed by atoms with Gasteiger partial charge >= 0.3 is 7.82 Å². The van der Waals surface area contributed by atoms with E-state index in [2.05, 4.69) is 0 Å². The first-order chi connectivity index (χ1) is 10.3. The van der Waals surface area contributed by atoms with Crippen molar-refractivity contribution < 1.29 is 33.3 Å². The van der Waals surface area contributed by atoms with Gasteiger partial charge in [-0.05, 0) is 25.0 Å². The monoisotopic (exact) mass is 335 g/mol. The number of nitro groups is 1. The third kappa shape index (κ3) is 5.70. The highest BCUT2D eigenvalue weighted by molar-refractivity contribution is 7.49. The number of aliphatic hydroxyl groups excluding tert-OH is 2. The minimum absolute atomic E-state index is 0.0273. The zero-order valence-electron chi connectivity index (χ0n) is 12.1. The molecule has 0 saturated carbocycles. The van der Waals surface area contributed by atoms with Crippen molar-refractivity contribution in [1.82, 2.24) is 0 Å². The highest BCUT2D eigenvalue weighted by atomic mass is 31.2. The van der Waals surface area contributed by atoms with Crippen LogP contribution in [-0.4, -0.2) is 27.7 Å². The van der Waals surface area contributed by atoms with Gasteiger partial charge in [-0.25, -0.2) is 13.6 Å². The fourth-order valence-electron chi connectivity index (χ4n) is 1.27. The number of nitrogens with zero attached hydrogens (tertiary/aromatic N) is 1. The minimum Gasteiger partial charge on any atom is -0.404 e. The van der Waals surface area contributed by atoms with Gasteiger partial charge in [-0.1, -0.05) is 13.8 Å². The van der Waals surface area contributed by atoms with Crippen LogP contribution < -0.4 is 4.52 Å². The number of hydrogen-bond donors (Lipinski definition) is 2. The molecule has 10 heteroatoms. The number of hydrogen-bond acceptors (Lipinski definition) is 8. The maximum atomic E-state index is 12.4. The van der Waals surface area contributed by atoms with Crippen LogP contribution in [0.1, 0.15) is 26.7 Å². The Bertz CT molecular complexity index is 518. The Balaban J connectivity index is 2.91. The van der Waals surface area contributed by atoms with Gasteiger partial charge in [0.2, 0.25) is 0 Å². The van der Waals surface area contributed by atoms with E-state index in [1.165, 1.54) is 12.1 Å². The van der Waals surface area contributed by atoms with Crippen LogP contribution in [0, 0.1) is 10.1 Å². The standard InChI is InChI=1S/C12H18NO8P/c1-3-11(14)20-22(18,21-12(15)4-2)19-10-7-5-9(6-8-10)13(16)17/h5-8,11-12,14-15H,3-4H2,1-2H3. The molecule has 0 aliphatic carbocycles. The number of nitro benzene ring substituents is 1. The lowest BCUT2D eigenvalue weighted by atomic mass is 10.3. The molecule has 0 radical (unpaired) electrons. The summed E-state index contributed by atoms with van der Waals surface area (Å²) in [7, 11) is -4.30. The normalized spacial score (nSPS) is 16.5. The minimum atomic E-state index is -4.30. The third-order valence-corrected chi connectivity index (χ3v) is 3.90. The SMILES string of the molecule is CCC(O)OP(=O)(Oc1ccc([N+](=O)[O-])cc1)OC(O)CC. The zero-order valence-corrected chi connectivity index (χ0v) is 13.0. The van der Waals surface area contributed by atoms with Crippen LogP contribution in [0.3, 0.4) is 0 Å². The van der Waals surface area contributed by atoms with Crippen molar-refractivity contribution in [3.8, 4) is 5.75 Å². The van der Waals surface area contributed by atoms with Crippen LogP contribution in [0.4, 0.5) is 5.69 Å². The number of non-ortho nitro benzene ring substituents is 1. The molecule has 2 unspecified atom stereocenters. The lowest BCUT2D eigenvalue weighted by Gasteiger charge is -2.22. The summed E-state index contributed by atoms with van der Waals surface area (Å²) in [6.45, 7) is 3.16. The summed E-state index contributed by atoms with van der Waals surface area (Å²) in [5, 5.41) is 29.5. The fourth-order valence-corrected chi connectivity index (χ4v) is 2.68. The van der Waals surface area contributed by atoms with Gasteiger partial charge in [0.25, 0.3) is 5.69 Å². The summed E-state index contributed by atoms with van der Waals surface area (Å²) in [5.41, 5.74) is -0.175. The summed E-state index contributed by atoms with van der Waals surface area (Å²) < 4.78 is 27.1. The smallest absolute Gasteiger partial charge is 0.404 e. The Morgan fingerprint density at radius 3 is 1.95 bits per heavy atom. The predicted octanol–water partition coefficient (Wildman–Crippen LogP) is 2.57. The highest BCUT2D eigenvalue weighted by Crippen LogP contribution is 2.51. The molecule has 0 fully saturated rings. The van der Waals surface area contributed by atoms with Crippen molar-refractivity contribution in [2.24, 2.45) is 0 Å². The van der Waals surface area contributed by atoms with Crippen LogP contribution in [-0.2, 0) is 13.6 Å². The third-order valence-electron chi connectivity index (χ3n) is 2.46. The molecule has 1 aromatic rings. The van der Waals surface area contributed by atoms with Gasteiger partial charge in [0, 0.05) is 12.1 Å². The fraction of sp³-hybridized carbons (Fsp3) is 0.500. The second kappa shape index (κ2) is 8.21. The van der Waals surface area contributed by atoms with E-state index >= 15 is 0 Å². The topological polar surface area (TPSA) is 128 Å². The van der Waals surface area contributed by atoms with Crippen LogP contribution in [0.25, 0.3) is 0 Å². The number of rotatable bonds is 9. The first kappa shape index (κ1) is 18.5. The molecular weight excluding hydrogens is 317 g/mol. The maximum Gasteiger partial charge on any atom is 0.534 e. The molecule has 0 bridgehead atoms. The lowest BCUT2D eigenvalue weighted by molar-refractivity contribution is -0.384. The van der Waals surface area contributed by atoms with E-state index < -0.39 is 25.3 Å². The van der Waals surface area contributed by atoms with E-state index in [1.807, 2.05) is 0 Å². The first-order valence-corrected chi connectivity index (χ1v) is 8.02. The van der Waals surface area contributed by atoms with Gasteiger partial charge in [0.05, 0.1) is 4.92 Å². The van der Waals surface area contributed by atoms with Gasteiger partial charge in [-0.2, -0.15) is 0 Å². The highest BCUT2D eigenvalue weighted by Gasteiger charge is 2.34. The summed E-state index contributed by atoms with van der Waals surface area (Å²) in [4.78, 5) is 9.96. The van der Waals surface area contributed by atoms with Crippen molar-refractivity contribution in [1.29, 1.82) is 0 Å². The molecule has 0 saturated heterocycles. The van der Waals surface area contributed by atoms with E-state index in [1.54, 1.807) is 13.8 Å². The van der Waals surface area contributed by atoms with Gasteiger partial charge in [-0.3, -0.25) is 10.1 Å². The van der Waals surface area contributed by atoms with Crippen molar-refractivity contribution in [3.63, 3.8) is 0 Å². The van der Waals surface area contributed by atoms with Gasteiger partial charge in [0.1, 0.15) is 5.75 Å². The average molecular weight is 335 g/mol. The Morgan fingerprint density at radius 2 is 1.59 bits per heavy atom. The molecule has 2 atom stereocenters. The predicted molar refractivity (Wildman–Crippen MR) is 76.1 cm³/mol. The van der Waals surface area contributed by atoms with Crippen molar-refractivity contribution >= 4 is 13.5 Å². The Kier molecular flexibility index (Phi) is 6.92. The van der Waals surface area contributed by atoms with Crippen molar-refractivity contribution in [3.05, 3.63) is 34.4 Å². The molecule has 0 spiro atoms. The number of aliphatic hydroxyl groups is 2. The molecule has 0 aromatic heterocycles. The van der Waals surface area contributed by atoms with E-state index in [4.69, 9.17) is 13.6 Å². The average Bonchev–Trinajstić information content (AvgIpc) is 2.47. The second-order valence-electron chi connectivity index (χ2n) is 4.23. The zero-order chi connectivity index (χ0) is 16.8. The quantitative estimate of drug-likeness (QED) is 0.305. The molecule has 0 amide bonds. The van der Waals surface area contributed by atoms with E-state index in [0.717, 1.165) is 12.1 Å². The Morgan fingerprint density at radius 1 is 1.14 bits per heavy atom. The molecule has 9 nitrogen and oxygen atoms in total. The van der Waals surface area contributed by atoms with Crippen LogP contribution in [0.15, 0.2) is 24.3 Å².